The second kappa shape index (κ2) is 5.83. The van der Waals surface area contributed by atoms with Gasteiger partial charge in [-0.1, -0.05) is 31.9 Å². The molecule has 0 amide bonds. The summed E-state index contributed by atoms with van der Waals surface area (Å²) < 4.78 is 0. The Morgan fingerprint density at radius 3 is 1.04 bits per heavy atom. The molecule has 0 radical (unpaired) electrons. The van der Waals surface area contributed by atoms with Gasteiger partial charge >= 0.3 is 0 Å². The van der Waals surface area contributed by atoms with Crippen molar-refractivity contribution in [2.45, 2.75) is 86.7 Å². The number of rotatable bonds is 4. The molecular formula is C23H32Br2O. The third-order valence-electron chi connectivity index (χ3n) is 9.75. The Balaban J connectivity index is 1.25. The molecule has 144 valence electrons. The van der Waals surface area contributed by atoms with E-state index in [1.165, 1.54) is 77.0 Å². The summed E-state index contributed by atoms with van der Waals surface area (Å²) in [5.74, 6) is 6.04. The number of ketones is 1. The highest BCUT2D eigenvalue weighted by Crippen LogP contribution is 2.65. The van der Waals surface area contributed by atoms with Gasteiger partial charge < -0.3 is 0 Å². The maximum Gasteiger partial charge on any atom is 0.161 e. The van der Waals surface area contributed by atoms with Crippen LogP contribution in [0.25, 0.3) is 0 Å². The summed E-state index contributed by atoms with van der Waals surface area (Å²) in [5, 5.41) is 0. The van der Waals surface area contributed by atoms with Gasteiger partial charge in [0.05, 0.1) is 9.65 Å². The first-order valence-electron chi connectivity index (χ1n) is 11.3. The molecule has 26 heavy (non-hydrogen) atoms. The molecule has 8 aliphatic rings. The van der Waals surface area contributed by atoms with Crippen LogP contribution in [-0.2, 0) is 4.79 Å². The molecule has 8 bridgehead atoms. The summed E-state index contributed by atoms with van der Waals surface area (Å²) in [7, 11) is 0. The van der Waals surface area contributed by atoms with Crippen LogP contribution in [0.3, 0.4) is 0 Å². The molecule has 2 unspecified atom stereocenters. The van der Waals surface area contributed by atoms with Gasteiger partial charge in [-0.05, 0) is 123 Å². The largest absolute Gasteiger partial charge is 0.297 e. The Kier molecular flexibility index (Phi) is 3.92. The zero-order valence-corrected chi connectivity index (χ0v) is 18.9. The molecule has 8 saturated carbocycles. The van der Waals surface area contributed by atoms with Gasteiger partial charge in [0.1, 0.15) is 0 Å². The molecule has 0 aliphatic heterocycles. The molecule has 0 heterocycles. The Bertz CT molecular complexity index is 503. The molecular weight excluding hydrogens is 452 g/mol. The van der Waals surface area contributed by atoms with Crippen LogP contribution in [0, 0.1) is 46.3 Å². The van der Waals surface area contributed by atoms with Crippen molar-refractivity contribution in [2.75, 3.05) is 0 Å². The van der Waals surface area contributed by atoms with Crippen molar-refractivity contribution < 1.29 is 4.79 Å². The Morgan fingerprint density at radius 2 is 0.808 bits per heavy atom. The van der Waals surface area contributed by atoms with Gasteiger partial charge in [0.15, 0.2) is 5.78 Å². The van der Waals surface area contributed by atoms with E-state index in [2.05, 4.69) is 31.9 Å². The minimum Gasteiger partial charge on any atom is -0.297 e. The van der Waals surface area contributed by atoms with Crippen molar-refractivity contribution in [1.82, 2.24) is 0 Å². The summed E-state index contributed by atoms with van der Waals surface area (Å²) >= 11 is 8.06. The number of carbonyl (C=O) groups excluding carboxylic acids is 1. The number of hydrogen-bond acceptors (Lipinski definition) is 1. The van der Waals surface area contributed by atoms with E-state index in [9.17, 15) is 4.79 Å². The normalized spacial score (nSPS) is 55.9. The first-order chi connectivity index (χ1) is 12.4. The number of carbonyl (C=O) groups is 1. The highest BCUT2D eigenvalue weighted by molar-refractivity contribution is 9.10. The molecule has 8 aliphatic carbocycles. The molecule has 0 aromatic rings. The molecule has 1 nitrogen and oxygen atoms in total. The van der Waals surface area contributed by atoms with Gasteiger partial charge in [0, 0.05) is 0 Å². The van der Waals surface area contributed by atoms with Crippen LogP contribution in [0.2, 0.25) is 0 Å². The van der Waals surface area contributed by atoms with Crippen LogP contribution in [0.4, 0.5) is 0 Å². The standard InChI is InChI=1S/C23H32Br2O/c24-20(22-7-13-1-14(8-22)3-15(2-13)9-22)19(26)21(25)23-10-16-4-17(11-23)6-18(5-16)12-23/h13-18,20-21H,1-12H2. The van der Waals surface area contributed by atoms with E-state index in [1.807, 2.05) is 0 Å². The van der Waals surface area contributed by atoms with Crippen molar-refractivity contribution in [3.8, 4) is 0 Å². The van der Waals surface area contributed by atoms with E-state index in [1.54, 1.807) is 0 Å². The summed E-state index contributed by atoms with van der Waals surface area (Å²) in [5.41, 5.74) is 0.584. The van der Waals surface area contributed by atoms with E-state index in [0.29, 0.717) is 16.6 Å². The zero-order chi connectivity index (χ0) is 17.7. The third-order valence-corrected chi connectivity index (χ3v) is 12.6. The zero-order valence-electron chi connectivity index (χ0n) is 15.8. The first kappa shape index (κ1) is 17.5. The summed E-state index contributed by atoms with van der Waals surface area (Å²) in [6.07, 6.45) is 16.7. The van der Waals surface area contributed by atoms with Gasteiger partial charge in [-0.2, -0.15) is 0 Å². The number of halogens is 2. The van der Waals surface area contributed by atoms with Crippen LogP contribution < -0.4 is 0 Å². The predicted molar refractivity (Wildman–Crippen MR) is 112 cm³/mol. The van der Waals surface area contributed by atoms with Gasteiger partial charge in [0.25, 0.3) is 0 Å². The monoisotopic (exact) mass is 482 g/mol. The summed E-state index contributed by atoms with van der Waals surface area (Å²) in [4.78, 5) is 14.0. The number of hydrogen-bond donors (Lipinski definition) is 0. The van der Waals surface area contributed by atoms with Gasteiger partial charge in [-0.15, -0.1) is 0 Å². The molecule has 0 saturated heterocycles. The lowest BCUT2D eigenvalue weighted by Crippen LogP contribution is -2.57. The molecule has 0 N–H and O–H groups in total. The lowest BCUT2D eigenvalue weighted by atomic mass is 9.47. The van der Waals surface area contributed by atoms with E-state index in [-0.39, 0.29) is 9.65 Å². The first-order valence-corrected chi connectivity index (χ1v) is 13.1. The van der Waals surface area contributed by atoms with E-state index in [0.717, 1.165) is 35.5 Å². The Labute approximate surface area is 175 Å². The van der Waals surface area contributed by atoms with Crippen LogP contribution in [0.15, 0.2) is 0 Å². The van der Waals surface area contributed by atoms with Gasteiger partial charge in [-0.25, -0.2) is 0 Å². The van der Waals surface area contributed by atoms with Crippen LogP contribution in [0.5, 0.6) is 0 Å². The highest BCUT2D eigenvalue weighted by atomic mass is 79.9. The molecule has 0 aromatic heterocycles. The lowest BCUT2D eigenvalue weighted by molar-refractivity contribution is -0.131. The fourth-order valence-corrected chi connectivity index (χ4v) is 11.7. The van der Waals surface area contributed by atoms with Crippen molar-refractivity contribution in [3.05, 3.63) is 0 Å². The third kappa shape index (κ3) is 2.47. The maximum absolute atomic E-state index is 13.8. The molecule has 3 heteroatoms. The second-order valence-corrected chi connectivity index (χ2v) is 13.5. The predicted octanol–water partition coefficient (Wildman–Crippen LogP) is 6.52. The van der Waals surface area contributed by atoms with Crippen molar-refractivity contribution in [3.63, 3.8) is 0 Å². The van der Waals surface area contributed by atoms with Crippen LogP contribution in [-0.4, -0.2) is 15.4 Å². The minimum absolute atomic E-state index is 0.0979. The van der Waals surface area contributed by atoms with Crippen LogP contribution >= 0.6 is 31.9 Å². The van der Waals surface area contributed by atoms with E-state index >= 15 is 0 Å². The minimum atomic E-state index is 0.0979. The Hall–Kier alpha value is 0.630. The van der Waals surface area contributed by atoms with Crippen molar-refractivity contribution in [1.29, 1.82) is 0 Å². The maximum atomic E-state index is 13.8. The van der Waals surface area contributed by atoms with E-state index < -0.39 is 0 Å². The Morgan fingerprint density at radius 1 is 0.577 bits per heavy atom. The fourth-order valence-electron chi connectivity index (χ4n) is 9.71. The molecule has 8 rings (SSSR count). The summed E-state index contributed by atoms with van der Waals surface area (Å²) in [6, 6.07) is 0. The molecule has 8 fully saturated rings. The smallest absolute Gasteiger partial charge is 0.161 e. The second-order valence-electron chi connectivity index (χ2n) is 11.7. The van der Waals surface area contributed by atoms with Crippen molar-refractivity contribution in [2.24, 2.45) is 46.3 Å². The average molecular weight is 484 g/mol. The van der Waals surface area contributed by atoms with Gasteiger partial charge in [0.2, 0.25) is 0 Å². The fraction of sp³-hybridized carbons (Fsp3) is 0.957. The molecule has 0 aromatic carbocycles. The van der Waals surface area contributed by atoms with E-state index in [4.69, 9.17) is 0 Å². The molecule has 2 atom stereocenters. The highest BCUT2D eigenvalue weighted by Gasteiger charge is 2.59. The average Bonchev–Trinajstić information content (AvgIpc) is 2.57. The number of alkyl halides is 2. The number of Topliss-reactive ketones (excluding diaryl/α,β-unsaturated/α-hetero) is 1. The molecule has 0 spiro atoms. The lowest BCUT2D eigenvalue weighted by Gasteiger charge is -2.60. The topological polar surface area (TPSA) is 17.1 Å². The van der Waals surface area contributed by atoms with Crippen molar-refractivity contribution >= 4 is 37.6 Å². The SMILES string of the molecule is O=C(C(Br)C12CC3CC(CC(C3)C1)C2)C(Br)C12CC3CC(CC(C3)C1)C2. The quantitative estimate of drug-likeness (QED) is 0.416. The summed E-state index contributed by atoms with van der Waals surface area (Å²) in [6.45, 7) is 0. The van der Waals surface area contributed by atoms with Crippen LogP contribution in [0.1, 0.15) is 77.0 Å². The van der Waals surface area contributed by atoms with Gasteiger partial charge in [-0.3, -0.25) is 4.79 Å².